The predicted molar refractivity (Wildman–Crippen MR) is 48.7 cm³/mol. The number of nitrogens with zero attached hydrogens (tertiary/aromatic N) is 1. The van der Waals surface area contributed by atoms with Crippen molar-refractivity contribution in [1.82, 2.24) is 9.97 Å². The molecule has 1 atom stereocenters. The molecule has 0 fully saturated rings. The SMILES string of the molecule is C[C@@H](N)c1cnc2cc[nH]c2c1. The first kappa shape index (κ1) is 7.31. The van der Waals surface area contributed by atoms with Gasteiger partial charge in [-0.15, -0.1) is 0 Å². The van der Waals surface area contributed by atoms with Crippen LogP contribution in [0, 0.1) is 0 Å². The van der Waals surface area contributed by atoms with Crippen LogP contribution in [0.5, 0.6) is 0 Å². The van der Waals surface area contributed by atoms with Crippen molar-refractivity contribution in [1.29, 1.82) is 0 Å². The number of nitrogens with two attached hydrogens (primary N) is 1. The molecule has 62 valence electrons. The van der Waals surface area contributed by atoms with Gasteiger partial charge in [-0.05, 0) is 24.6 Å². The van der Waals surface area contributed by atoms with E-state index in [-0.39, 0.29) is 6.04 Å². The number of hydrogen-bond acceptors (Lipinski definition) is 2. The molecule has 12 heavy (non-hydrogen) atoms. The second-order valence-electron chi connectivity index (χ2n) is 2.97. The molecule has 0 spiro atoms. The minimum Gasteiger partial charge on any atom is -0.360 e. The number of fused-ring (bicyclic) bond motifs is 1. The molecule has 3 nitrogen and oxygen atoms in total. The van der Waals surface area contributed by atoms with Crippen LogP contribution in [0.2, 0.25) is 0 Å². The van der Waals surface area contributed by atoms with Gasteiger partial charge < -0.3 is 10.7 Å². The van der Waals surface area contributed by atoms with Gasteiger partial charge in [0.1, 0.15) is 0 Å². The van der Waals surface area contributed by atoms with Crippen LogP contribution in [0.4, 0.5) is 0 Å². The first-order chi connectivity index (χ1) is 5.77. The lowest BCUT2D eigenvalue weighted by molar-refractivity contribution is 0.814. The van der Waals surface area contributed by atoms with Crippen LogP contribution in [0.3, 0.4) is 0 Å². The zero-order valence-corrected chi connectivity index (χ0v) is 6.91. The second-order valence-corrected chi connectivity index (χ2v) is 2.97. The molecule has 0 saturated carbocycles. The van der Waals surface area contributed by atoms with Crippen LogP contribution >= 0.6 is 0 Å². The number of pyridine rings is 1. The van der Waals surface area contributed by atoms with Crippen LogP contribution < -0.4 is 5.73 Å². The van der Waals surface area contributed by atoms with E-state index in [9.17, 15) is 0 Å². The molecule has 0 aromatic carbocycles. The first-order valence-corrected chi connectivity index (χ1v) is 3.96. The van der Waals surface area contributed by atoms with E-state index in [0.717, 1.165) is 16.6 Å². The molecule has 0 aliphatic rings. The summed E-state index contributed by atoms with van der Waals surface area (Å²) in [4.78, 5) is 7.35. The topological polar surface area (TPSA) is 54.7 Å². The molecule has 3 N–H and O–H groups in total. The van der Waals surface area contributed by atoms with E-state index >= 15 is 0 Å². The van der Waals surface area contributed by atoms with Gasteiger partial charge in [0, 0.05) is 18.4 Å². The van der Waals surface area contributed by atoms with E-state index < -0.39 is 0 Å². The fourth-order valence-electron chi connectivity index (χ4n) is 1.20. The molecule has 0 aliphatic carbocycles. The van der Waals surface area contributed by atoms with Crippen molar-refractivity contribution >= 4 is 11.0 Å². The van der Waals surface area contributed by atoms with E-state index in [1.54, 1.807) is 0 Å². The van der Waals surface area contributed by atoms with Crippen molar-refractivity contribution < 1.29 is 0 Å². The summed E-state index contributed by atoms with van der Waals surface area (Å²) in [5.41, 5.74) is 8.81. The molecule has 0 bridgehead atoms. The normalized spacial score (nSPS) is 13.5. The van der Waals surface area contributed by atoms with Gasteiger partial charge in [0.05, 0.1) is 11.0 Å². The van der Waals surface area contributed by atoms with Gasteiger partial charge in [0.25, 0.3) is 0 Å². The Labute approximate surface area is 70.6 Å². The lowest BCUT2D eigenvalue weighted by Crippen LogP contribution is -2.04. The zero-order valence-electron chi connectivity index (χ0n) is 6.91. The van der Waals surface area contributed by atoms with Gasteiger partial charge in [0.2, 0.25) is 0 Å². The first-order valence-electron chi connectivity index (χ1n) is 3.96. The molecule has 0 radical (unpaired) electrons. The van der Waals surface area contributed by atoms with Crippen molar-refractivity contribution in [3.8, 4) is 0 Å². The van der Waals surface area contributed by atoms with Crippen LogP contribution in [-0.2, 0) is 0 Å². The van der Waals surface area contributed by atoms with Crippen LogP contribution in [0.1, 0.15) is 18.5 Å². The van der Waals surface area contributed by atoms with Gasteiger partial charge in [0.15, 0.2) is 0 Å². The van der Waals surface area contributed by atoms with E-state index in [2.05, 4.69) is 9.97 Å². The summed E-state index contributed by atoms with van der Waals surface area (Å²) in [7, 11) is 0. The zero-order chi connectivity index (χ0) is 8.55. The Morgan fingerprint density at radius 2 is 2.42 bits per heavy atom. The highest BCUT2D eigenvalue weighted by atomic mass is 14.8. The number of aromatic nitrogens is 2. The monoisotopic (exact) mass is 161 g/mol. The average Bonchev–Trinajstić information content (AvgIpc) is 2.49. The maximum Gasteiger partial charge on any atom is 0.0878 e. The van der Waals surface area contributed by atoms with E-state index in [0.29, 0.717) is 0 Å². The third kappa shape index (κ3) is 1.08. The Balaban J connectivity index is 2.60. The molecule has 2 heterocycles. The van der Waals surface area contributed by atoms with Crippen LogP contribution in [0.15, 0.2) is 24.5 Å². The van der Waals surface area contributed by atoms with E-state index in [1.165, 1.54) is 0 Å². The molecule has 0 unspecified atom stereocenters. The summed E-state index contributed by atoms with van der Waals surface area (Å²) < 4.78 is 0. The summed E-state index contributed by atoms with van der Waals surface area (Å²) in [5, 5.41) is 0. The highest BCUT2D eigenvalue weighted by Gasteiger charge is 2.01. The lowest BCUT2D eigenvalue weighted by atomic mass is 10.1. The number of H-pyrrole nitrogens is 1. The third-order valence-corrected chi connectivity index (χ3v) is 1.95. The molecule has 2 rings (SSSR count). The Bertz CT molecular complexity index is 389. The molecule has 3 heteroatoms. The number of hydrogen-bond donors (Lipinski definition) is 2. The Kier molecular flexibility index (Phi) is 1.59. The molecule has 0 saturated heterocycles. The molecule has 0 amide bonds. The second kappa shape index (κ2) is 2.60. The highest BCUT2D eigenvalue weighted by Crippen LogP contribution is 2.14. The highest BCUT2D eigenvalue weighted by molar-refractivity contribution is 5.75. The van der Waals surface area contributed by atoms with Crippen LogP contribution in [-0.4, -0.2) is 9.97 Å². The summed E-state index contributed by atoms with van der Waals surface area (Å²) >= 11 is 0. The number of aromatic amines is 1. The number of nitrogens with one attached hydrogen (secondary N) is 1. The maximum atomic E-state index is 5.72. The predicted octanol–water partition coefficient (Wildman–Crippen LogP) is 1.58. The minimum atomic E-state index is 0.0465. The quantitative estimate of drug-likeness (QED) is 0.667. The van der Waals surface area contributed by atoms with Crippen molar-refractivity contribution in [2.45, 2.75) is 13.0 Å². The molecule has 2 aromatic rings. The van der Waals surface area contributed by atoms with Gasteiger partial charge in [-0.3, -0.25) is 4.98 Å². The number of rotatable bonds is 1. The minimum absolute atomic E-state index is 0.0465. The summed E-state index contributed by atoms with van der Waals surface area (Å²) in [6.45, 7) is 1.95. The molecule has 0 aliphatic heterocycles. The van der Waals surface area contributed by atoms with Crippen molar-refractivity contribution in [3.63, 3.8) is 0 Å². The van der Waals surface area contributed by atoms with Gasteiger partial charge in [-0.1, -0.05) is 0 Å². The van der Waals surface area contributed by atoms with Gasteiger partial charge in [-0.2, -0.15) is 0 Å². The summed E-state index contributed by atoms with van der Waals surface area (Å²) in [6.07, 6.45) is 3.70. The Morgan fingerprint density at radius 3 is 3.17 bits per heavy atom. The smallest absolute Gasteiger partial charge is 0.0878 e. The van der Waals surface area contributed by atoms with Crippen molar-refractivity contribution in [2.75, 3.05) is 0 Å². The Morgan fingerprint density at radius 1 is 1.58 bits per heavy atom. The van der Waals surface area contributed by atoms with E-state index in [4.69, 9.17) is 5.73 Å². The molecule has 2 aromatic heterocycles. The fraction of sp³-hybridized carbons (Fsp3) is 0.222. The lowest BCUT2D eigenvalue weighted by Gasteiger charge is -2.03. The largest absolute Gasteiger partial charge is 0.360 e. The summed E-state index contributed by atoms with van der Waals surface area (Å²) in [6, 6.07) is 4.03. The molecular weight excluding hydrogens is 150 g/mol. The van der Waals surface area contributed by atoms with Gasteiger partial charge in [-0.25, -0.2) is 0 Å². The Hall–Kier alpha value is -1.35. The van der Waals surface area contributed by atoms with Crippen LogP contribution in [0.25, 0.3) is 11.0 Å². The average molecular weight is 161 g/mol. The van der Waals surface area contributed by atoms with Crippen molar-refractivity contribution in [2.24, 2.45) is 5.73 Å². The fourth-order valence-corrected chi connectivity index (χ4v) is 1.20. The standard InChI is InChI=1S/C9H11N3/c1-6(10)7-4-9-8(12-5-7)2-3-11-9/h2-6,11H,10H2,1H3/t6-/m1/s1. The van der Waals surface area contributed by atoms with Crippen molar-refractivity contribution in [3.05, 3.63) is 30.1 Å². The third-order valence-electron chi connectivity index (χ3n) is 1.95. The van der Waals surface area contributed by atoms with E-state index in [1.807, 2.05) is 31.5 Å². The van der Waals surface area contributed by atoms with Gasteiger partial charge >= 0.3 is 0 Å². The molecular formula is C9H11N3. The maximum absolute atomic E-state index is 5.72. The summed E-state index contributed by atoms with van der Waals surface area (Å²) in [5.74, 6) is 0.